The molecule has 86 valence electrons. The number of aryl methyl sites for hydroxylation is 1. The molecule has 0 fully saturated rings. The van der Waals surface area contributed by atoms with E-state index in [2.05, 4.69) is 6.92 Å². The summed E-state index contributed by atoms with van der Waals surface area (Å²) in [6.45, 7) is 7.05. The van der Waals surface area contributed by atoms with Gasteiger partial charge in [0.2, 0.25) is 0 Å². The number of hydrogen-bond donors (Lipinski definition) is 0. The normalized spacial score (nSPS) is 11.2. The summed E-state index contributed by atoms with van der Waals surface area (Å²) in [5.41, 5.74) is 0.117. The molecule has 4 heteroatoms. The van der Waals surface area contributed by atoms with Crippen LogP contribution in [-0.4, -0.2) is 20.6 Å². The summed E-state index contributed by atoms with van der Waals surface area (Å²) in [4.78, 5) is 11.8. The quantitative estimate of drug-likeness (QED) is 0.699. The van der Waals surface area contributed by atoms with E-state index in [1.165, 1.54) is 0 Å². The van der Waals surface area contributed by atoms with Gasteiger partial charge in [0.05, 0.1) is 0 Å². The molecule has 0 N–H and O–H groups in total. The highest BCUT2D eigenvalue weighted by Crippen LogP contribution is 2.03. The molecule has 0 aliphatic rings. The summed E-state index contributed by atoms with van der Waals surface area (Å²) in [5.74, 6) is 2.29. The molecule has 0 radical (unpaired) electrons. The molecule has 1 heterocycles. The van der Waals surface area contributed by atoms with E-state index >= 15 is 0 Å². The molecule has 0 aliphatic carbocycles. The lowest BCUT2D eigenvalue weighted by molar-refractivity contribution is 0.549. The van der Waals surface area contributed by atoms with Crippen LogP contribution in [-0.2, 0) is 6.54 Å². The molecule has 0 bridgehead atoms. The first-order valence-electron chi connectivity index (χ1n) is 5.51. The average molecular weight is 228 g/mol. The summed E-state index contributed by atoms with van der Waals surface area (Å²) in [6.07, 6.45) is 4.83. The minimum Gasteiger partial charge on any atom is -0.299 e. The fourth-order valence-electron chi connectivity index (χ4n) is 1.47. The van der Waals surface area contributed by atoms with Gasteiger partial charge in [-0.1, -0.05) is 6.92 Å². The van der Waals surface area contributed by atoms with E-state index in [1.807, 2.05) is 38.0 Å². The smallest absolute Gasteiger partial charge is 0.299 e. The summed E-state index contributed by atoms with van der Waals surface area (Å²) in [7, 11) is 0. The van der Waals surface area contributed by atoms with Crippen LogP contribution in [0.1, 0.15) is 33.2 Å². The zero-order valence-corrected chi connectivity index (χ0v) is 10.6. The first-order chi connectivity index (χ1) is 7.16. The second-order valence-corrected chi connectivity index (χ2v) is 5.22. The Kier molecular flexibility index (Phi) is 5.02. The molecule has 0 amide bonds. The lowest BCUT2D eigenvalue weighted by Crippen LogP contribution is -2.25. The van der Waals surface area contributed by atoms with Crippen LogP contribution in [0.5, 0.6) is 0 Å². The highest BCUT2D eigenvalue weighted by Gasteiger charge is 2.04. The Labute approximate surface area is 95.5 Å². The van der Waals surface area contributed by atoms with E-state index in [0.29, 0.717) is 0 Å². The van der Waals surface area contributed by atoms with Crippen molar-refractivity contribution in [3.63, 3.8) is 0 Å². The molecule has 0 aliphatic heterocycles. The molecule has 0 unspecified atom stereocenters. The van der Waals surface area contributed by atoms with Crippen molar-refractivity contribution < 1.29 is 0 Å². The van der Waals surface area contributed by atoms with Gasteiger partial charge in [-0.25, -0.2) is 4.79 Å². The highest BCUT2D eigenvalue weighted by atomic mass is 32.2. The van der Waals surface area contributed by atoms with Crippen LogP contribution in [0.25, 0.3) is 0 Å². The fraction of sp³-hybridized carbons (Fsp3) is 0.727. The second kappa shape index (κ2) is 6.05. The zero-order chi connectivity index (χ0) is 11.3. The molecule has 1 aromatic heterocycles. The maximum Gasteiger partial charge on any atom is 0.328 e. The molecule has 0 saturated carbocycles. The first-order valence-corrected chi connectivity index (χ1v) is 6.67. The van der Waals surface area contributed by atoms with E-state index < -0.39 is 0 Å². The average Bonchev–Trinajstić information content (AvgIpc) is 2.55. The molecule has 0 saturated heterocycles. The van der Waals surface area contributed by atoms with Gasteiger partial charge in [0.1, 0.15) is 0 Å². The van der Waals surface area contributed by atoms with Crippen molar-refractivity contribution in [2.45, 2.75) is 39.8 Å². The van der Waals surface area contributed by atoms with Gasteiger partial charge < -0.3 is 0 Å². The Bertz CT molecular complexity index is 341. The van der Waals surface area contributed by atoms with Crippen molar-refractivity contribution in [2.75, 3.05) is 11.5 Å². The predicted octanol–water partition coefficient (Wildman–Crippen LogP) is 2.37. The van der Waals surface area contributed by atoms with Crippen molar-refractivity contribution in [1.29, 1.82) is 0 Å². The Balaban J connectivity index is 2.52. The molecule has 15 heavy (non-hydrogen) atoms. The number of thioether (sulfide) groups is 1. The van der Waals surface area contributed by atoms with Gasteiger partial charge in [-0.2, -0.15) is 11.8 Å². The Morgan fingerprint density at radius 1 is 1.40 bits per heavy atom. The summed E-state index contributed by atoms with van der Waals surface area (Å²) in [6, 6.07) is 0.253. The third-order valence-corrected chi connectivity index (χ3v) is 3.31. The molecular weight excluding hydrogens is 208 g/mol. The van der Waals surface area contributed by atoms with Crippen molar-refractivity contribution >= 4 is 11.8 Å². The van der Waals surface area contributed by atoms with Crippen molar-refractivity contribution in [3.8, 4) is 0 Å². The Hall–Kier alpha value is -0.640. The molecule has 0 aromatic carbocycles. The number of rotatable bonds is 6. The molecule has 0 spiro atoms. The van der Waals surface area contributed by atoms with Crippen LogP contribution in [0.4, 0.5) is 0 Å². The van der Waals surface area contributed by atoms with Crippen LogP contribution in [0, 0.1) is 0 Å². The van der Waals surface area contributed by atoms with Crippen molar-refractivity contribution in [1.82, 2.24) is 9.13 Å². The number of nitrogens with zero attached hydrogens (tertiary/aromatic N) is 2. The first kappa shape index (κ1) is 12.4. The number of imidazole rings is 1. The standard InChI is InChI=1S/C11H20N2OS/c1-4-15-9-5-6-12-7-8-13(10(2)3)11(12)14/h7-8,10H,4-6,9H2,1-3H3. The van der Waals surface area contributed by atoms with Gasteiger partial charge in [0.15, 0.2) is 0 Å². The molecule has 0 atom stereocenters. The monoisotopic (exact) mass is 228 g/mol. The minimum absolute atomic E-state index is 0.117. The van der Waals surface area contributed by atoms with E-state index in [9.17, 15) is 4.79 Å². The summed E-state index contributed by atoms with van der Waals surface area (Å²) >= 11 is 1.92. The summed E-state index contributed by atoms with van der Waals surface area (Å²) in [5, 5.41) is 0. The maximum atomic E-state index is 11.8. The topological polar surface area (TPSA) is 26.9 Å². The number of hydrogen-bond acceptors (Lipinski definition) is 2. The molecule has 1 aromatic rings. The highest BCUT2D eigenvalue weighted by molar-refractivity contribution is 7.99. The van der Waals surface area contributed by atoms with Crippen molar-refractivity contribution in [2.24, 2.45) is 0 Å². The lowest BCUT2D eigenvalue weighted by atomic mass is 10.4. The lowest BCUT2D eigenvalue weighted by Gasteiger charge is -2.04. The van der Waals surface area contributed by atoms with Crippen molar-refractivity contribution in [3.05, 3.63) is 22.9 Å². The van der Waals surface area contributed by atoms with Gasteiger partial charge in [-0.3, -0.25) is 9.13 Å². The van der Waals surface area contributed by atoms with Gasteiger partial charge in [0.25, 0.3) is 0 Å². The van der Waals surface area contributed by atoms with E-state index in [4.69, 9.17) is 0 Å². The van der Waals surface area contributed by atoms with Gasteiger partial charge in [-0.15, -0.1) is 0 Å². The SMILES string of the molecule is CCSCCCn1ccn(C(C)C)c1=O. The predicted molar refractivity (Wildman–Crippen MR) is 66.7 cm³/mol. The third kappa shape index (κ3) is 3.45. The molecule has 1 rings (SSSR count). The molecule has 3 nitrogen and oxygen atoms in total. The minimum atomic E-state index is 0.117. The van der Waals surface area contributed by atoms with Crippen LogP contribution in [0.2, 0.25) is 0 Å². The van der Waals surface area contributed by atoms with Crippen LogP contribution in [0.3, 0.4) is 0 Å². The van der Waals surface area contributed by atoms with Gasteiger partial charge >= 0.3 is 5.69 Å². The second-order valence-electron chi connectivity index (χ2n) is 3.83. The van der Waals surface area contributed by atoms with Gasteiger partial charge in [-0.05, 0) is 31.8 Å². The van der Waals surface area contributed by atoms with Crippen LogP contribution >= 0.6 is 11.8 Å². The largest absolute Gasteiger partial charge is 0.328 e. The fourth-order valence-corrected chi connectivity index (χ4v) is 2.09. The van der Waals surface area contributed by atoms with E-state index in [-0.39, 0.29) is 11.7 Å². The van der Waals surface area contributed by atoms with Crippen LogP contribution in [0.15, 0.2) is 17.2 Å². The Morgan fingerprint density at radius 3 is 2.67 bits per heavy atom. The zero-order valence-electron chi connectivity index (χ0n) is 9.77. The molecular formula is C11H20N2OS. The Morgan fingerprint density at radius 2 is 2.13 bits per heavy atom. The number of aromatic nitrogens is 2. The van der Waals surface area contributed by atoms with Crippen LogP contribution < -0.4 is 5.69 Å². The van der Waals surface area contributed by atoms with E-state index in [0.717, 1.165) is 24.5 Å². The van der Waals surface area contributed by atoms with Gasteiger partial charge in [0, 0.05) is 25.0 Å². The third-order valence-electron chi connectivity index (χ3n) is 2.32. The summed E-state index contributed by atoms with van der Waals surface area (Å²) < 4.78 is 3.57. The van der Waals surface area contributed by atoms with E-state index in [1.54, 1.807) is 9.13 Å². The maximum absolute atomic E-state index is 11.8.